The molecule has 0 aromatic carbocycles. The standard InChI is InChI=1S/C5H9Cl2NS/c6-3-5(7)4-9-2-1-8/h3H,1-2,4,8H2. The zero-order chi connectivity index (χ0) is 7.11. The minimum Gasteiger partial charge on any atom is -0.330 e. The fourth-order valence-electron chi connectivity index (χ4n) is 0.285. The zero-order valence-electron chi connectivity index (χ0n) is 4.94. The second-order valence-electron chi connectivity index (χ2n) is 1.40. The van der Waals surface area contributed by atoms with Gasteiger partial charge < -0.3 is 5.73 Å². The van der Waals surface area contributed by atoms with E-state index >= 15 is 0 Å². The molecule has 0 bridgehead atoms. The van der Waals surface area contributed by atoms with Gasteiger partial charge >= 0.3 is 0 Å². The Kier molecular flexibility index (Phi) is 7.22. The van der Waals surface area contributed by atoms with Crippen LogP contribution in [0, 0.1) is 0 Å². The van der Waals surface area contributed by atoms with E-state index in [1.807, 2.05) is 0 Å². The van der Waals surface area contributed by atoms with Crippen LogP contribution >= 0.6 is 35.0 Å². The highest BCUT2D eigenvalue weighted by Crippen LogP contribution is 2.11. The fourth-order valence-corrected chi connectivity index (χ4v) is 1.27. The highest BCUT2D eigenvalue weighted by atomic mass is 35.5. The molecule has 1 nitrogen and oxygen atoms in total. The first-order chi connectivity index (χ1) is 4.31. The van der Waals surface area contributed by atoms with E-state index in [0.29, 0.717) is 11.6 Å². The summed E-state index contributed by atoms with van der Waals surface area (Å²) in [6.45, 7) is 0.692. The second kappa shape index (κ2) is 6.75. The van der Waals surface area contributed by atoms with E-state index in [9.17, 15) is 0 Å². The molecule has 0 aliphatic rings. The van der Waals surface area contributed by atoms with Crippen LogP contribution in [0.2, 0.25) is 0 Å². The minimum atomic E-state index is 0.676. The van der Waals surface area contributed by atoms with Crippen LogP contribution in [-0.2, 0) is 0 Å². The van der Waals surface area contributed by atoms with Gasteiger partial charge in [0.05, 0.1) is 0 Å². The van der Waals surface area contributed by atoms with Crippen LogP contribution in [0.1, 0.15) is 0 Å². The van der Waals surface area contributed by atoms with Gasteiger partial charge in [0.1, 0.15) is 0 Å². The topological polar surface area (TPSA) is 26.0 Å². The molecule has 0 fully saturated rings. The SMILES string of the molecule is NCCSCC(Cl)=CCl. The molecule has 0 aliphatic carbocycles. The van der Waals surface area contributed by atoms with Crippen LogP contribution < -0.4 is 5.73 Å². The van der Waals surface area contributed by atoms with Crippen LogP contribution in [0.5, 0.6) is 0 Å². The van der Waals surface area contributed by atoms with Crippen molar-refractivity contribution in [2.45, 2.75) is 0 Å². The molecular weight excluding hydrogens is 177 g/mol. The molecule has 4 heteroatoms. The van der Waals surface area contributed by atoms with Gasteiger partial charge in [-0.05, 0) is 0 Å². The van der Waals surface area contributed by atoms with Gasteiger partial charge in [0.15, 0.2) is 0 Å². The van der Waals surface area contributed by atoms with Crippen molar-refractivity contribution in [3.8, 4) is 0 Å². The van der Waals surface area contributed by atoms with Gasteiger partial charge in [-0.2, -0.15) is 11.8 Å². The summed E-state index contributed by atoms with van der Waals surface area (Å²) < 4.78 is 0. The van der Waals surface area contributed by atoms with Gasteiger partial charge in [0, 0.05) is 28.6 Å². The number of rotatable bonds is 4. The molecule has 0 rings (SSSR count). The Morgan fingerprint density at radius 3 is 2.78 bits per heavy atom. The van der Waals surface area contributed by atoms with Crippen LogP contribution in [-0.4, -0.2) is 18.1 Å². The highest BCUT2D eigenvalue weighted by Gasteiger charge is 1.89. The Balaban J connectivity index is 3.07. The number of halogens is 2. The molecule has 0 radical (unpaired) electrons. The van der Waals surface area contributed by atoms with Crippen LogP contribution in [0.15, 0.2) is 10.6 Å². The lowest BCUT2D eigenvalue weighted by Gasteiger charge is -1.94. The molecule has 2 N–H and O–H groups in total. The van der Waals surface area contributed by atoms with Gasteiger partial charge in [-0.15, -0.1) is 0 Å². The van der Waals surface area contributed by atoms with E-state index in [1.54, 1.807) is 11.8 Å². The molecule has 0 aliphatic heterocycles. The Morgan fingerprint density at radius 2 is 2.33 bits per heavy atom. The van der Waals surface area contributed by atoms with Crippen molar-refractivity contribution in [1.82, 2.24) is 0 Å². The summed E-state index contributed by atoms with van der Waals surface area (Å²) in [6.07, 6.45) is 0. The van der Waals surface area contributed by atoms with Crippen LogP contribution in [0.4, 0.5) is 0 Å². The molecule has 0 aromatic heterocycles. The van der Waals surface area contributed by atoms with Gasteiger partial charge in [-0.3, -0.25) is 0 Å². The molecule has 0 saturated heterocycles. The van der Waals surface area contributed by atoms with Crippen molar-refractivity contribution in [3.05, 3.63) is 10.6 Å². The average Bonchev–Trinajstić information content (AvgIpc) is 1.89. The maximum atomic E-state index is 5.57. The number of nitrogens with two attached hydrogens (primary N) is 1. The van der Waals surface area contributed by atoms with Crippen molar-refractivity contribution >= 4 is 35.0 Å². The molecule has 0 atom stereocenters. The summed E-state index contributed by atoms with van der Waals surface area (Å²) in [6, 6.07) is 0. The van der Waals surface area contributed by atoms with Crippen molar-refractivity contribution < 1.29 is 0 Å². The first-order valence-electron chi connectivity index (χ1n) is 2.54. The summed E-state index contributed by atoms with van der Waals surface area (Å²) in [7, 11) is 0. The monoisotopic (exact) mass is 185 g/mol. The first kappa shape index (κ1) is 9.63. The Morgan fingerprint density at radius 1 is 1.67 bits per heavy atom. The lowest BCUT2D eigenvalue weighted by molar-refractivity contribution is 1.15. The van der Waals surface area contributed by atoms with E-state index in [4.69, 9.17) is 28.9 Å². The third-order valence-electron chi connectivity index (χ3n) is 0.621. The van der Waals surface area contributed by atoms with E-state index in [1.165, 1.54) is 5.54 Å². The molecule has 0 unspecified atom stereocenters. The first-order valence-corrected chi connectivity index (χ1v) is 4.50. The van der Waals surface area contributed by atoms with E-state index < -0.39 is 0 Å². The summed E-state index contributed by atoms with van der Waals surface area (Å²) in [5.74, 6) is 1.70. The Bertz CT molecular complexity index is 95.0. The van der Waals surface area contributed by atoms with Crippen molar-refractivity contribution in [1.29, 1.82) is 0 Å². The van der Waals surface area contributed by atoms with Gasteiger partial charge in [0.2, 0.25) is 0 Å². The van der Waals surface area contributed by atoms with Gasteiger partial charge in [-0.1, -0.05) is 23.2 Å². The quantitative estimate of drug-likeness (QED) is 0.679. The third-order valence-corrected chi connectivity index (χ3v) is 2.44. The summed E-state index contributed by atoms with van der Waals surface area (Å²) in [5, 5.41) is 0.676. The fraction of sp³-hybridized carbons (Fsp3) is 0.600. The van der Waals surface area contributed by atoms with E-state index in [0.717, 1.165) is 11.5 Å². The molecule has 0 aromatic rings. The number of thioether (sulfide) groups is 1. The minimum absolute atomic E-state index is 0.676. The highest BCUT2D eigenvalue weighted by molar-refractivity contribution is 7.99. The van der Waals surface area contributed by atoms with Crippen LogP contribution in [0.25, 0.3) is 0 Å². The van der Waals surface area contributed by atoms with Crippen molar-refractivity contribution in [3.63, 3.8) is 0 Å². The van der Waals surface area contributed by atoms with Crippen molar-refractivity contribution in [2.75, 3.05) is 18.1 Å². The molecule has 0 saturated carbocycles. The lowest BCUT2D eigenvalue weighted by Crippen LogP contribution is -2.01. The van der Waals surface area contributed by atoms with E-state index in [-0.39, 0.29) is 0 Å². The number of hydrogen-bond acceptors (Lipinski definition) is 2. The second-order valence-corrected chi connectivity index (χ2v) is 3.21. The van der Waals surface area contributed by atoms with Gasteiger partial charge in [0.25, 0.3) is 0 Å². The van der Waals surface area contributed by atoms with Crippen molar-refractivity contribution in [2.24, 2.45) is 5.73 Å². The Labute approximate surface area is 69.6 Å². The largest absolute Gasteiger partial charge is 0.330 e. The average molecular weight is 186 g/mol. The summed E-state index contributed by atoms with van der Waals surface area (Å²) in [4.78, 5) is 0. The van der Waals surface area contributed by atoms with Crippen LogP contribution in [0.3, 0.4) is 0 Å². The third kappa shape index (κ3) is 6.52. The number of hydrogen-bond donors (Lipinski definition) is 1. The predicted octanol–water partition coefficient (Wildman–Crippen LogP) is 2.00. The maximum absolute atomic E-state index is 5.57. The summed E-state index contributed by atoms with van der Waals surface area (Å²) in [5.41, 5.74) is 6.62. The van der Waals surface area contributed by atoms with E-state index in [2.05, 4.69) is 0 Å². The molecule has 0 spiro atoms. The molecular formula is C5H9Cl2NS. The van der Waals surface area contributed by atoms with Gasteiger partial charge in [-0.25, -0.2) is 0 Å². The summed E-state index contributed by atoms with van der Waals surface area (Å²) >= 11 is 12.5. The smallest absolute Gasteiger partial charge is 0.0392 e. The predicted molar refractivity (Wildman–Crippen MR) is 46.2 cm³/mol. The molecule has 0 heterocycles. The normalized spacial score (nSPS) is 12.1. The lowest BCUT2D eigenvalue weighted by atomic mass is 10.7. The Hall–Kier alpha value is 0.630. The zero-order valence-corrected chi connectivity index (χ0v) is 7.27. The molecule has 0 amide bonds. The maximum Gasteiger partial charge on any atom is 0.0392 e. The molecule has 9 heavy (non-hydrogen) atoms. The molecule has 54 valence electrons.